The number of H-pyrrole nitrogens is 1. The van der Waals surface area contributed by atoms with Crippen molar-refractivity contribution in [1.82, 2.24) is 15.3 Å². The Bertz CT molecular complexity index is 1550. The van der Waals surface area contributed by atoms with Gasteiger partial charge in [-0.25, -0.2) is 4.39 Å². The summed E-state index contributed by atoms with van der Waals surface area (Å²) >= 11 is 0. The maximum Gasteiger partial charge on any atom is 0.305 e. The molecule has 4 aromatic rings. The van der Waals surface area contributed by atoms with Crippen molar-refractivity contribution in [3.8, 4) is 22.9 Å². The van der Waals surface area contributed by atoms with Gasteiger partial charge in [-0.3, -0.25) is 19.4 Å². The molecule has 0 aliphatic rings. The minimum absolute atomic E-state index is 0.0415. The number of esters is 1. The van der Waals surface area contributed by atoms with Gasteiger partial charge in [-0.1, -0.05) is 29.8 Å². The van der Waals surface area contributed by atoms with Crippen LogP contribution in [0.25, 0.3) is 11.4 Å². The molecule has 0 saturated carbocycles. The number of amides is 1. The lowest BCUT2D eigenvalue weighted by atomic mass is 10.0. The molecule has 0 saturated heterocycles. The van der Waals surface area contributed by atoms with Crippen molar-refractivity contribution in [2.45, 2.75) is 32.6 Å². The lowest BCUT2D eigenvalue weighted by Gasteiger charge is -2.08. The maximum absolute atomic E-state index is 14.0. The fraction of sp³-hybridized carbons (Fsp3) is 0.273. The monoisotopic (exact) mass is 587 g/mol. The average molecular weight is 588 g/mol. The Morgan fingerprint density at radius 3 is 2.56 bits per heavy atom. The summed E-state index contributed by atoms with van der Waals surface area (Å²) < 4.78 is 29.8. The number of hydrogen-bond donors (Lipinski definition) is 2. The third kappa shape index (κ3) is 9.61. The molecule has 43 heavy (non-hydrogen) atoms. The van der Waals surface area contributed by atoms with Gasteiger partial charge >= 0.3 is 5.97 Å². The van der Waals surface area contributed by atoms with E-state index in [1.165, 1.54) is 13.2 Å². The number of nitrogens with zero attached hydrogens (tertiary/aromatic N) is 1. The molecular weight excluding hydrogens is 553 g/mol. The first-order chi connectivity index (χ1) is 20.8. The first-order valence-corrected chi connectivity index (χ1v) is 13.9. The molecule has 0 bridgehead atoms. The highest BCUT2D eigenvalue weighted by atomic mass is 19.1. The van der Waals surface area contributed by atoms with E-state index in [1.807, 2.05) is 19.1 Å². The minimum atomic E-state index is -0.372. The van der Waals surface area contributed by atoms with Crippen LogP contribution in [0.2, 0.25) is 0 Å². The number of Topliss-reactive ketones (excluding diaryl/α,β-unsaturated/α-hetero) is 1. The molecule has 224 valence electrons. The summed E-state index contributed by atoms with van der Waals surface area (Å²) in [4.78, 5) is 44.1. The van der Waals surface area contributed by atoms with E-state index in [-0.39, 0.29) is 49.3 Å². The van der Waals surface area contributed by atoms with E-state index >= 15 is 0 Å². The number of carbonyl (C=O) groups is 3. The van der Waals surface area contributed by atoms with Crippen molar-refractivity contribution in [1.29, 1.82) is 0 Å². The Hall–Kier alpha value is -4.83. The fourth-order valence-electron chi connectivity index (χ4n) is 4.30. The van der Waals surface area contributed by atoms with Crippen molar-refractivity contribution in [3.05, 3.63) is 101 Å². The van der Waals surface area contributed by atoms with Gasteiger partial charge in [0, 0.05) is 51.4 Å². The number of aromatic amines is 1. The number of aryl methyl sites for hydroxylation is 1. The highest BCUT2D eigenvalue weighted by molar-refractivity contribution is 5.95. The molecule has 2 N–H and O–H groups in total. The number of halogens is 1. The van der Waals surface area contributed by atoms with Gasteiger partial charge in [0.25, 0.3) is 5.91 Å². The number of benzene rings is 2. The molecule has 0 radical (unpaired) electrons. The van der Waals surface area contributed by atoms with Crippen molar-refractivity contribution >= 4 is 17.7 Å². The van der Waals surface area contributed by atoms with Gasteiger partial charge in [0.05, 0.1) is 23.6 Å². The fourth-order valence-corrected chi connectivity index (χ4v) is 4.30. The molecule has 2 aromatic heterocycles. The quantitative estimate of drug-likeness (QED) is 0.142. The molecule has 4 rings (SSSR count). The normalized spacial score (nSPS) is 10.8. The lowest BCUT2D eigenvalue weighted by molar-refractivity contribution is -0.145. The van der Waals surface area contributed by atoms with Crippen molar-refractivity contribution in [2.24, 2.45) is 0 Å². The summed E-state index contributed by atoms with van der Waals surface area (Å²) in [5.41, 5.74) is 3.77. The molecule has 2 aromatic carbocycles. The molecule has 2 heterocycles. The van der Waals surface area contributed by atoms with E-state index < -0.39 is 0 Å². The number of aromatic nitrogens is 2. The molecule has 10 heteroatoms. The van der Waals surface area contributed by atoms with Crippen LogP contribution in [0.4, 0.5) is 4.39 Å². The number of nitrogens with one attached hydrogen (secondary N) is 2. The molecular formula is C33H34FN3O6. The van der Waals surface area contributed by atoms with Crippen LogP contribution in [-0.2, 0) is 31.9 Å². The zero-order valence-corrected chi connectivity index (χ0v) is 24.2. The third-order valence-corrected chi connectivity index (χ3v) is 6.50. The van der Waals surface area contributed by atoms with Crippen LogP contribution in [0.5, 0.6) is 11.5 Å². The van der Waals surface area contributed by atoms with Crippen LogP contribution >= 0.6 is 0 Å². The van der Waals surface area contributed by atoms with Crippen molar-refractivity contribution in [2.75, 3.05) is 26.9 Å². The van der Waals surface area contributed by atoms with Crippen molar-refractivity contribution < 1.29 is 33.0 Å². The maximum atomic E-state index is 14.0. The third-order valence-electron chi connectivity index (χ3n) is 6.50. The van der Waals surface area contributed by atoms with E-state index in [9.17, 15) is 18.8 Å². The summed E-state index contributed by atoms with van der Waals surface area (Å²) in [7, 11) is 1.53. The van der Waals surface area contributed by atoms with Gasteiger partial charge in [0.2, 0.25) is 0 Å². The second-order valence-electron chi connectivity index (χ2n) is 9.98. The molecule has 0 aliphatic heterocycles. The van der Waals surface area contributed by atoms with Gasteiger partial charge in [-0.05, 0) is 54.8 Å². The first-order valence-electron chi connectivity index (χ1n) is 13.9. The molecule has 0 unspecified atom stereocenters. The number of ether oxygens (including phenoxy) is 3. The van der Waals surface area contributed by atoms with E-state index in [1.54, 1.807) is 54.9 Å². The molecule has 9 nitrogen and oxygen atoms in total. The van der Waals surface area contributed by atoms with Crippen LogP contribution < -0.4 is 10.1 Å². The van der Waals surface area contributed by atoms with E-state index in [4.69, 9.17) is 14.2 Å². The van der Waals surface area contributed by atoms with Gasteiger partial charge in [-0.15, -0.1) is 0 Å². The van der Waals surface area contributed by atoms with E-state index in [0.29, 0.717) is 53.6 Å². The molecule has 0 atom stereocenters. The number of ketones is 1. The summed E-state index contributed by atoms with van der Waals surface area (Å²) in [6.07, 6.45) is 4.09. The number of rotatable bonds is 15. The Morgan fingerprint density at radius 1 is 0.953 bits per heavy atom. The van der Waals surface area contributed by atoms with Gasteiger partial charge < -0.3 is 24.5 Å². The minimum Gasteiger partial charge on any atom is -0.463 e. The highest BCUT2D eigenvalue weighted by Gasteiger charge is 2.13. The van der Waals surface area contributed by atoms with Crippen molar-refractivity contribution in [3.63, 3.8) is 0 Å². The Labute approximate surface area is 249 Å². The Kier molecular flexibility index (Phi) is 11.2. The van der Waals surface area contributed by atoms with Crippen LogP contribution in [-0.4, -0.2) is 54.5 Å². The van der Waals surface area contributed by atoms with Crippen LogP contribution in [0.3, 0.4) is 0 Å². The van der Waals surface area contributed by atoms with E-state index in [0.717, 1.165) is 11.1 Å². The standard InChI is InChI=1S/C33H34FN3O6/c1-22-5-10-29(34)24(16-22)18-26(38)17-23-6-8-27(9-7-23)43-28-11-13-35-31(20-28)30-19-25(21-37-30)33(40)36-12-3-4-32(39)42-15-14-41-2/h5-11,13,16,19-21,37H,3-4,12,14-15,17-18H2,1-2H3,(H,36,40). The second kappa shape index (κ2) is 15.4. The average Bonchev–Trinajstić information content (AvgIpc) is 3.49. The molecule has 0 aliphatic carbocycles. The first kappa shape index (κ1) is 31.1. The summed E-state index contributed by atoms with van der Waals surface area (Å²) in [5.74, 6) is 0.0678. The largest absolute Gasteiger partial charge is 0.463 e. The van der Waals surface area contributed by atoms with E-state index in [2.05, 4.69) is 15.3 Å². The number of methoxy groups -OCH3 is 1. The van der Waals surface area contributed by atoms with Crippen LogP contribution in [0, 0.1) is 12.7 Å². The second-order valence-corrected chi connectivity index (χ2v) is 9.98. The SMILES string of the molecule is COCCOC(=O)CCCNC(=O)c1c[nH]c(-c2cc(Oc3ccc(CC(=O)Cc4cc(C)ccc4F)cc3)ccn2)c1. The topological polar surface area (TPSA) is 120 Å². The number of carbonyl (C=O) groups excluding carboxylic acids is 3. The summed E-state index contributed by atoms with van der Waals surface area (Å²) in [5, 5.41) is 2.79. The summed E-state index contributed by atoms with van der Waals surface area (Å²) in [6, 6.07) is 17.1. The zero-order chi connectivity index (χ0) is 30.6. The Balaban J connectivity index is 1.27. The highest BCUT2D eigenvalue weighted by Crippen LogP contribution is 2.26. The van der Waals surface area contributed by atoms with Gasteiger partial charge in [-0.2, -0.15) is 0 Å². The van der Waals surface area contributed by atoms with Gasteiger partial charge in [0.1, 0.15) is 29.7 Å². The molecule has 0 fully saturated rings. The summed E-state index contributed by atoms with van der Waals surface area (Å²) in [6.45, 7) is 2.75. The molecule has 1 amide bonds. The molecule has 0 spiro atoms. The zero-order valence-electron chi connectivity index (χ0n) is 24.2. The number of hydrogen-bond acceptors (Lipinski definition) is 7. The lowest BCUT2D eigenvalue weighted by Crippen LogP contribution is -2.24. The van der Waals surface area contributed by atoms with Gasteiger partial charge in [0.15, 0.2) is 0 Å². The predicted molar refractivity (Wildman–Crippen MR) is 158 cm³/mol. The van der Waals surface area contributed by atoms with Crippen LogP contribution in [0.1, 0.15) is 39.9 Å². The number of pyridine rings is 1. The Morgan fingerprint density at radius 2 is 1.77 bits per heavy atom. The smallest absolute Gasteiger partial charge is 0.305 e. The predicted octanol–water partition coefficient (Wildman–Crippen LogP) is 5.37. The van der Waals surface area contributed by atoms with Crippen LogP contribution in [0.15, 0.2) is 73.1 Å².